The Morgan fingerprint density at radius 1 is 1.03 bits per heavy atom. The molecule has 2 heterocycles. The lowest BCUT2D eigenvalue weighted by Crippen LogP contribution is -2.35. The number of anilines is 1. The monoisotopic (exact) mass is 424 g/mol. The maximum Gasteiger partial charge on any atom is 0.321 e. The average molecular weight is 424 g/mol. The molecule has 0 unspecified atom stereocenters. The summed E-state index contributed by atoms with van der Waals surface area (Å²) >= 11 is 0. The van der Waals surface area contributed by atoms with Crippen LogP contribution in [0.2, 0.25) is 0 Å². The quantitative estimate of drug-likeness (QED) is 0.326. The van der Waals surface area contributed by atoms with Crippen molar-refractivity contribution in [1.82, 2.24) is 4.57 Å². The molecule has 0 fully saturated rings. The maximum atomic E-state index is 14.6. The molecule has 31 heavy (non-hydrogen) atoms. The number of carbonyl (C=O) groups excluding carboxylic acids is 1. The summed E-state index contributed by atoms with van der Waals surface area (Å²) in [6, 6.07) is 15.0. The van der Waals surface area contributed by atoms with Crippen LogP contribution in [0, 0.1) is 11.6 Å². The van der Waals surface area contributed by atoms with E-state index in [2.05, 4.69) is 5.32 Å². The molecular formula is C23H20F2N3O3+. The van der Waals surface area contributed by atoms with Crippen molar-refractivity contribution in [1.29, 1.82) is 0 Å². The highest BCUT2D eigenvalue weighted by Crippen LogP contribution is 2.34. The molecule has 0 aliphatic heterocycles. The SMILES string of the molecule is O=C(CCc1c2c(F)cccc2c(O)n1Cc1ccc(F)cc1)Nc1cccc[n+]1O. The van der Waals surface area contributed by atoms with E-state index >= 15 is 0 Å². The smallest absolute Gasteiger partial charge is 0.321 e. The lowest BCUT2D eigenvalue weighted by atomic mass is 10.1. The molecular weight excluding hydrogens is 404 g/mol. The number of nitrogens with zero attached hydrogens (tertiary/aromatic N) is 2. The first-order valence-electron chi connectivity index (χ1n) is 9.67. The third-order valence-electron chi connectivity index (χ3n) is 5.07. The van der Waals surface area contributed by atoms with Gasteiger partial charge in [-0.15, -0.1) is 0 Å². The van der Waals surface area contributed by atoms with Gasteiger partial charge in [-0.05, 0) is 42.3 Å². The summed E-state index contributed by atoms with van der Waals surface area (Å²) in [5, 5.41) is 23.7. The Morgan fingerprint density at radius 3 is 2.55 bits per heavy atom. The highest BCUT2D eigenvalue weighted by Gasteiger charge is 2.21. The molecule has 0 bridgehead atoms. The molecule has 0 radical (unpaired) electrons. The van der Waals surface area contributed by atoms with Crippen LogP contribution >= 0.6 is 0 Å². The predicted molar refractivity (Wildman–Crippen MR) is 110 cm³/mol. The number of aryl methyl sites for hydroxylation is 1. The van der Waals surface area contributed by atoms with E-state index in [1.54, 1.807) is 30.3 Å². The van der Waals surface area contributed by atoms with Crippen molar-refractivity contribution in [3.05, 3.63) is 89.8 Å². The third kappa shape index (κ3) is 4.18. The molecule has 4 aromatic rings. The van der Waals surface area contributed by atoms with Crippen LogP contribution in [0.15, 0.2) is 66.9 Å². The van der Waals surface area contributed by atoms with Gasteiger partial charge in [-0.3, -0.25) is 0 Å². The van der Waals surface area contributed by atoms with Crippen LogP contribution in [0.3, 0.4) is 0 Å². The van der Waals surface area contributed by atoms with E-state index in [1.165, 1.54) is 41.1 Å². The predicted octanol–water partition coefficient (Wildman–Crippen LogP) is 3.77. The molecule has 3 N–H and O–H groups in total. The van der Waals surface area contributed by atoms with Crippen molar-refractivity contribution in [2.45, 2.75) is 19.4 Å². The summed E-state index contributed by atoms with van der Waals surface area (Å²) in [5.74, 6) is -1.18. The first-order chi connectivity index (χ1) is 14.9. The van der Waals surface area contributed by atoms with Gasteiger partial charge in [0.15, 0.2) is 5.88 Å². The van der Waals surface area contributed by atoms with E-state index in [0.717, 1.165) is 4.73 Å². The Balaban J connectivity index is 1.64. The van der Waals surface area contributed by atoms with Crippen LogP contribution < -0.4 is 10.0 Å². The number of rotatable bonds is 6. The number of nitrogens with one attached hydrogen (secondary N) is 1. The summed E-state index contributed by atoms with van der Waals surface area (Å²) in [7, 11) is 0. The number of hydrogen-bond acceptors (Lipinski definition) is 3. The standard InChI is InChI=1S/C23H19F2N3O3/c24-16-9-7-15(8-10-16)14-27-19(22-17(23(27)30)4-3-5-18(22)25)11-12-21(29)26-20-6-1-2-13-28(20)31/h1-10,13,30-31H,11-12,14H2/p+1. The number of pyridine rings is 1. The van der Waals surface area contributed by atoms with E-state index in [1.807, 2.05) is 0 Å². The molecule has 158 valence electrons. The van der Waals surface area contributed by atoms with Gasteiger partial charge in [-0.2, -0.15) is 0 Å². The van der Waals surface area contributed by atoms with Gasteiger partial charge in [0.05, 0.1) is 13.0 Å². The molecule has 1 amide bonds. The zero-order valence-electron chi connectivity index (χ0n) is 16.4. The molecule has 0 spiro atoms. The molecule has 4 rings (SSSR count). The van der Waals surface area contributed by atoms with E-state index < -0.39 is 5.82 Å². The zero-order chi connectivity index (χ0) is 22.0. The third-order valence-corrected chi connectivity index (χ3v) is 5.07. The topological polar surface area (TPSA) is 78.4 Å². The van der Waals surface area contributed by atoms with Crippen LogP contribution in [-0.2, 0) is 17.8 Å². The summed E-state index contributed by atoms with van der Waals surface area (Å²) < 4.78 is 30.2. The van der Waals surface area contributed by atoms with Crippen LogP contribution in [0.1, 0.15) is 17.7 Å². The van der Waals surface area contributed by atoms with Crippen molar-refractivity contribution in [3.63, 3.8) is 0 Å². The number of halogens is 2. The van der Waals surface area contributed by atoms with Gasteiger partial charge >= 0.3 is 11.7 Å². The summed E-state index contributed by atoms with van der Waals surface area (Å²) in [6.07, 6.45) is 1.51. The van der Waals surface area contributed by atoms with Crippen molar-refractivity contribution in [2.24, 2.45) is 0 Å². The zero-order valence-corrected chi connectivity index (χ0v) is 16.4. The van der Waals surface area contributed by atoms with Gasteiger partial charge in [0.25, 0.3) is 0 Å². The number of hydrogen-bond donors (Lipinski definition) is 3. The number of aromatic nitrogens is 2. The molecule has 0 aliphatic rings. The Labute approximate surface area is 176 Å². The van der Waals surface area contributed by atoms with Gasteiger partial charge in [0, 0.05) is 22.5 Å². The minimum atomic E-state index is -0.502. The summed E-state index contributed by atoms with van der Waals surface area (Å²) in [6.45, 7) is 0.187. The fourth-order valence-electron chi connectivity index (χ4n) is 3.59. The van der Waals surface area contributed by atoms with Crippen LogP contribution in [-0.4, -0.2) is 20.8 Å². The second-order valence-corrected chi connectivity index (χ2v) is 7.12. The number of aromatic hydroxyl groups is 1. The van der Waals surface area contributed by atoms with Crippen LogP contribution in [0.4, 0.5) is 14.6 Å². The van der Waals surface area contributed by atoms with Crippen molar-refractivity contribution in [3.8, 4) is 5.88 Å². The van der Waals surface area contributed by atoms with E-state index in [0.29, 0.717) is 16.6 Å². The van der Waals surface area contributed by atoms with Crippen molar-refractivity contribution < 1.29 is 28.6 Å². The Hall–Kier alpha value is -3.94. The number of fused-ring (bicyclic) bond motifs is 1. The molecule has 8 heteroatoms. The molecule has 0 aliphatic carbocycles. The largest absolute Gasteiger partial charge is 0.494 e. The Kier molecular flexibility index (Phi) is 5.53. The van der Waals surface area contributed by atoms with Gasteiger partial charge in [0.2, 0.25) is 0 Å². The minimum Gasteiger partial charge on any atom is -0.494 e. The normalized spacial score (nSPS) is 11.0. The van der Waals surface area contributed by atoms with Crippen molar-refractivity contribution in [2.75, 3.05) is 5.32 Å². The Bertz CT molecular complexity index is 1250. The fourth-order valence-corrected chi connectivity index (χ4v) is 3.59. The van der Waals surface area contributed by atoms with Crippen molar-refractivity contribution >= 4 is 22.5 Å². The second-order valence-electron chi connectivity index (χ2n) is 7.12. The first-order valence-corrected chi connectivity index (χ1v) is 9.67. The lowest BCUT2D eigenvalue weighted by Gasteiger charge is -2.11. The summed E-state index contributed by atoms with van der Waals surface area (Å²) in [5.41, 5.74) is 1.17. The molecule has 2 aromatic carbocycles. The number of carbonyl (C=O) groups is 1. The molecule has 2 aromatic heterocycles. The van der Waals surface area contributed by atoms with E-state index in [-0.39, 0.29) is 48.2 Å². The summed E-state index contributed by atoms with van der Waals surface area (Å²) in [4.78, 5) is 12.4. The van der Waals surface area contributed by atoms with Crippen LogP contribution in [0.5, 0.6) is 5.88 Å². The second kappa shape index (κ2) is 8.43. The van der Waals surface area contributed by atoms with Crippen LogP contribution in [0.25, 0.3) is 10.8 Å². The van der Waals surface area contributed by atoms with Gasteiger partial charge in [-0.25, -0.2) is 18.9 Å². The Morgan fingerprint density at radius 2 is 1.81 bits per heavy atom. The molecule has 0 saturated heterocycles. The highest BCUT2D eigenvalue weighted by atomic mass is 19.1. The molecule has 0 atom stereocenters. The number of amides is 1. The fraction of sp³-hybridized carbons (Fsp3) is 0.130. The average Bonchev–Trinajstić information content (AvgIpc) is 3.02. The van der Waals surface area contributed by atoms with Gasteiger partial charge in [-0.1, -0.05) is 29.0 Å². The maximum absolute atomic E-state index is 14.6. The van der Waals surface area contributed by atoms with E-state index in [4.69, 9.17) is 0 Å². The minimum absolute atomic E-state index is 0.00873. The molecule has 6 nitrogen and oxygen atoms in total. The molecule has 0 saturated carbocycles. The first kappa shape index (κ1) is 20.3. The van der Waals surface area contributed by atoms with Gasteiger partial charge in [0.1, 0.15) is 17.8 Å². The number of benzene rings is 2. The highest BCUT2D eigenvalue weighted by molar-refractivity contribution is 5.93. The lowest BCUT2D eigenvalue weighted by molar-refractivity contribution is -0.893. The van der Waals surface area contributed by atoms with E-state index in [9.17, 15) is 23.9 Å². The van der Waals surface area contributed by atoms with Gasteiger partial charge < -0.3 is 14.9 Å².